The minimum Gasteiger partial charge on any atom is -0.494 e. The first-order valence-electron chi connectivity index (χ1n) is 6.81. The number of nitrogens with zero attached hydrogens (tertiary/aromatic N) is 1. The van der Waals surface area contributed by atoms with E-state index >= 15 is 0 Å². The fraction of sp³-hybridized carbons (Fsp3) is 0.600. The molecule has 3 nitrogen and oxygen atoms in total. The minimum absolute atomic E-state index is 0.197. The molecule has 1 saturated heterocycles. The summed E-state index contributed by atoms with van der Waals surface area (Å²) in [6, 6.07) is 8.22. The fourth-order valence-corrected chi connectivity index (χ4v) is 2.57. The van der Waals surface area contributed by atoms with Crippen LogP contribution in [0.1, 0.15) is 25.8 Å². The summed E-state index contributed by atoms with van der Waals surface area (Å²) in [6.45, 7) is 7.57. The van der Waals surface area contributed by atoms with Crippen LogP contribution in [-0.4, -0.2) is 35.8 Å². The molecule has 0 radical (unpaired) electrons. The van der Waals surface area contributed by atoms with Crippen molar-refractivity contribution in [3.63, 3.8) is 0 Å². The molecule has 0 aromatic heterocycles. The first kappa shape index (κ1) is 13.4. The number of aliphatic hydroxyl groups is 1. The monoisotopic (exact) mass is 249 g/mol. The van der Waals surface area contributed by atoms with Crippen LogP contribution >= 0.6 is 0 Å². The second-order valence-electron chi connectivity index (χ2n) is 5.07. The van der Waals surface area contributed by atoms with Crippen LogP contribution in [0.25, 0.3) is 0 Å². The van der Waals surface area contributed by atoms with Gasteiger partial charge in [0.15, 0.2) is 0 Å². The summed E-state index contributed by atoms with van der Waals surface area (Å²) in [5.41, 5.74) is 1.24. The molecule has 1 aliphatic heterocycles. The zero-order chi connectivity index (χ0) is 13.0. The number of para-hydroxylation sites is 1. The van der Waals surface area contributed by atoms with Crippen LogP contribution < -0.4 is 4.74 Å². The van der Waals surface area contributed by atoms with Gasteiger partial charge in [0.25, 0.3) is 0 Å². The molecule has 1 heterocycles. The van der Waals surface area contributed by atoms with Gasteiger partial charge in [-0.25, -0.2) is 0 Å². The van der Waals surface area contributed by atoms with Gasteiger partial charge in [-0.1, -0.05) is 18.2 Å². The van der Waals surface area contributed by atoms with Crippen LogP contribution in [0.5, 0.6) is 5.75 Å². The number of aliphatic hydroxyl groups excluding tert-OH is 1. The second kappa shape index (κ2) is 6.21. The molecule has 0 amide bonds. The number of benzene rings is 1. The van der Waals surface area contributed by atoms with E-state index < -0.39 is 0 Å². The summed E-state index contributed by atoms with van der Waals surface area (Å²) in [5.74, 6) is 1.41. The number of hydrogen-bond donors (Lipinski definition) is 1. The SMILES string of the molecule is CCOc1ccccc1CN1CCC(C(C)O)C1. The third-order valence-electron chi connectivity index (χ3n) is 3.66. The average Bonchev–Trinajstić information content (AvgIpc) is 2.81. The van der Waals surface area contributed by atoms with Crippen molar-refractivity contribution < 1.29 is 9.84 Å². The Morgan fingerprint density at radius 2 is 2.22 bits per heavy atom. The summed E-state index contributed by atoms with van der Waals surface area (Å²) < 4.78 is 5.65. The Bertz CT molecular complexity index is 379. The standard InChI is InChI=1S/C15H23NO2/c1-3-18-15-7-5-4-6-14(15)11-16-9-8-13(10-16)12(2)17/h4-7,12-13,17H,3,8-11H2,1-2H3. The highest BCUT2D eigenvalue weighted by Gasteiger charge is 2.26. The highest BCUT2D eigenvalue weighted by atomic mass is 16.5. The van der Waals surface area contributed by atoms with E-state index in [1.807, 2.05) is 26.0 Å². The molecule has 2 atom stereocenters. The molecule has 1 N–H and O–H groups in total. The molecular formula is C15H23NO2. The molecule has 18 heavy (non-hydrogen) atoms. The predicted molar refractivity (Wildman–Crippen MR) is 72.7 cm³/mol. The van der Waals surface area contributed by atoms with Crippen LogP contribution in [0, 0.1) is 5.92 Å². The van der Waals surface area contributed by atoms with Gasteiger partial charge >= 0.3 is 0 Å². The minimum atomic E-state index is -0.197. The normalized spacial score (nSPS) is 22.1. The fourth-order valence-electron chi connectivity index (χ4n) is 2.57. The van der Waals surface area contributed by atoms with Gasteiger partial charge in [-0.2, -0.15) is 0 Å². The molecule has 1 aromatic carbocycles. The maximum atomic E-state index is 9.62. The molecule has 0 saturated carbocycles. The molecule has 0 spiro atoms. The molecule has 0 aliphatic carbocycles. The van der Waals surface area contributed by atoms with Gasteiger partial charge in [-0.3, -0.25) is 4.90 Å². The van der Waals surface area contributed by atoms with Crippen LogP contribution in [0.2, 0.25) is 0 Å². The highest BCUT2D eigenvalue weighted by Crippen LogP contribution is 2.25. The van der Waals surface area contributed by atoms with Crippen molar-refractivity contribution in [2.45, 2.75) is 32.9 Å². The Morgan fingerprint density at radius 3 is 2.89 bits per heavy atom. The maximum absolute atomic E-state index is 9.62. The topological polar surface area (TPSA) is 32.7 Å². The van der Waals surface area contributed by atoms with Crippen molar-refractivity contribution in [1.82, 2.24) is 4.90 Å². The molecule has 1 aliphatic rings. The number of hydrogen-bond acceptors (Lipinski definition) is 3. The summed E-state index contributed by atoms with van der Waals surface area (Å²) in [4.78, 5) is 2.40. The van der Waals surface area contributed by atoms with E-state index in [0.717, 1.165) is 31.8 Å². The number of rotatable bonds is 5. The van der Waals surface area contributed by atoms with E-state index in [0.29, 0.717) is 12.5 Å². The lowest BCUT2D eigenvalue weighted by Gasteiger charge is -2.19. The van der Waals surface area contributed by atoms with E-state index in [4.69, 9.17) is 4.74 Å². The van der Waals surface area contributed by atoms with E-state index in [-0.39, 0.29) is 6.10 Å². The summed E-state index contributed by atoms with van der Waals surface area (Å²) in [6.07, 6.45) is 0.895. The Morgan fingerprint density at radius 1 is 1.44 bits per heavy atom. The third-order valence-corrected chi connectivity index (χ3v) is 3.66. The second-order valence-corrected chi connectivity index (χ2v) is 5.07. The molecule has 0 bridgehead atoms. The van der Waals surface area contributed by atoms with E-state index in [1.165, 1.54) is 5.56 Å². The molecule has 100 valence electrons. The number of likely N-dealkylation sites (tertiary alicyclic amines) is 1. The van der Waals surface area contributed by atoms with Crippen molar-refractivity contribution in [2.24, 2.45) is 5.92 Å². The summed E-state index contributed by atoms with van der Waals surface area (Å²) in [5, 5.41) is 9.62. The lowest BCUT2D eigenvalue weighted by molar-refractivity contribution is 0.127. The lowest BCUT2D eigenvalue weighted by atomic mass is 10.0. The molecule has 3 heteroatoms. The molecular weight excluding hydrogens is 226 g/mol. The average molecular weight is 249 g/mol. The van der Waals surface area contributed by atoms with Crippen LogP contribution in [0.15, 0.2) is 24.3 Å². The van der Waals surface area contributed by atoms with Crippen molar-refractivity contribution in [3.8, 4) is 5.75 Å². The highest BCUT2D eigenvalue weighted by molar-refractivity contribution is 5.33. The van der Waals surface area contributed by atoms with Gasteiger partial charge < -0.3 is 9.84 Å². The van der Waals surface area contributed by atoms with E-state index in [1.54, 1.807) is 0 Å². The van der Waals surface area contributed by atoms with Gasteiger partial charge in [0.2, 0.25) is 0 Å². The zero-order valence-corrected chi connectivity index (χ0v) is 11.3. The predicted octanol–water partition coefficient (Wildman–Crippen LogP) is 2.29. The molecule has 2 rings (SSSR count). The Labute approximate surface area is 109 Å². The zero-order valence-electron chi connectivity index (χ0n) is 11.3. The first-order chi connectivity index (χ1) is 8.70. The Balaban J connectivity index is 1.98. The first-order valence-corrected chi connectivity index (χ1v) is 6.81. The molecule has 2 unspecified atom stereocenters. The quantitative estimate of drug-likeness (QED) is 0.869. The van der Waals surface area contributed by atoms with Gasteiger partial charge in [0.05, 0.1) is 12.7 Å². The summed E-state index contributed by atoms with van der Waals surface area (Å²) >= 11 is 0. The van der Waals surface area contributed by atoms with Crippen LogP contribution in [-0.2, 0) is 6.54 Å². The van der Waals surface area contributed by atoms with Crippen molar-refractivity contribution in [1.29, 1.82) is 0 Å². The summed E-state index contributed by atoms with van der Waals surface area (Å²) in [7, 11) is 0. The Kier molecular flexibility index (Phi) is 4.61. The molecule has 1 aromatic rings. The lowest BCUT2D eigenvalue weighted by Crippen LogP contribution is -2.24. The third kappa shape index (κ3) is 3.24. The van der Waals surface area contributed by atoms with Crippen LogP contribution in [0.3, 0.4) is 0 Å². The van der Waals surface area contributed by atoms with Crippen molar-refractivity contribution >= 4 is 0 Å². The van der Waals surface area contributed by atoms with Crippen molar-refractivity contribution in [2.75, 3.05) is 19.7 Å². The Hall–Kier alpha value is -1.06. The largest absolute Gasteiger partial charge is 0.494 e. The van der Waals surface area contributed by atoms with E-state index in [2.05, 4.69) is 17.0 Å². The van der Waals surface area contributed by atoms with E-state index in [9.17, 15) is 5.11 Å². The van der Waals surface area contributed by atoms with Gasteiger partial charge in [-0.05, 0) is 38.8 Å². The van der Waals surface area contributed by atoms with Crippen molar-refractivity contribution in [3.05, 3.63) is 29.8 Å². The molecule has 1 fully saturated rings. The van der Waals surface area contributed by atoms with Crippen LogP contribution in [0.4, 0.5) is 0 Å². The maximum Gasteiger partial charge on any atom is 0.123 e. The smallest absolute Gasteiger partial charge is 0.123 e. The number of ether oxygens (including phenoxy) is 1. The van der Waals surface area contributed by atoms with Gasteiger partial charge in [0.1, 0.15) is 5.75 Å². The van der Waals surface area contributed by atoms with Gasteiger partial charge in [-0.15, -0.1) is 0 Å². The van der Waals surface area contributed by atoms with Gasteiger partial charge in [0, 0.05) is 18.7 Å².